The Labute approximate surface area is 210 Å². The number of imide groups is 1. The third-order valence-electron chi connectivity index (χ3n) is 5.58. The SMILES string of the molecule is O=C1S/C(=C\c2cc(Br)ccc2OCc2cccc3ccccc23)C(=O)N1Cc1ccccc1. The number of hydrogen-bond acceptors (Lipinski definition) is 4. The Kier molecular flexibility index (Phi) is 6.52. The standard InChI is InChI=1S/C28H20BrNO3S/c29-23-13-14-25(33-18-21-11-6-10-20-9-4-5-12-24(20)21)22(15-23)16-26-27(31)30(28(32)34-26)17-19-7-2-1-3-8-19/h1-16H,17-18H2/b26-16-. The summed E-state index contributed by atoms with van der Waals surface area (Å²) in [4.78, 5) is 27.2. The Morgan fingerprint density at radius 1 is 0.882 bits per heavy atom. The molecule has 1 saturated heterocycles. The van der Waals surface area contributed by atoms with Gasteiger partial charge in [0.2, 0.25) is 0 Å². The predicted molar refractivity (Wildman–Crippen MR) is 140 cm³/mol. The minimum Gasteiger partial charge on any atom is -0.488 e. The van der Waals surface area contributed by atoms with Gasteiger partial charge in [0.25, 0.3) is 11.1 Å². The van der Waals surface area contributed by atoms with Crippen molar-refractivity contribution < 1.29 is 14.3 Å². The number of hydrogen-bond donors (Lipinski definition) is 0. The molecule has 4 nitrogen and oxygen atoms in total. The Morgan fingerprint density at radius 3 is 2.50 bits per heavy atom. The lowest BCUT2D eigenvalue weighted by molar-refractivity contribution is -0.123. The highest BCUT2D eigenvalue weighted by Crippen LogP contribution is 2.36. The molecule has 1 fully saturated rings. The molecule has 0 atom stereocenters. The van der Waals surface area contributed by atoms with Crippen molar-refractivity contribution in [3.63, 3.8) is 0 Å². The first-order chi connectivity index (χ1) is 16.6. The van der Waals surface area contributed by atoms with E-state index in [0.717, 1.165) is 43.7 Å². The van der Waals surface area contributed by atoms with E-state index in [1.165, 1.54) is 4.90 Å². The van der Waals surface area contributed by atoms with Crippen LogP contribution in [0.2, 0.25) is 0 Å². The Balaban J connectivity index is 1.39. The summed E-state index contributed by atoms with van der Waals surface area (Å²) in [5.74, 6) is 0.352. The van der Waals surface area contributed by atoms with Gasteiger partial charge in [-0.25, -0.2) is 0 Å². The Hall–Kier alpha value is -3.35. The number of carbonyl (C=O) groups excluding carboxylic acids is 2. The van der Waals surface area contributed by atoms with Crippen molar-refractivity contribution in [3.8, 4) is 5.75 Å². The van der Waals surface area contributed by atoms with Gasteiger partial charge < -0.3 is 4.74 Å². The maximum absolute atomic E-state index is 13.0. The first-order valence-corrected chi connectivity index (χ1v) is 12.4. The molecular formula is C28H20BrNO3S. The zero-order valence-electron chi connectivity index (χ0n) is 18.1. The first-order valence-electron chi connectivity index (χ1n) is 10.8. The van der Waals surface area contributed by atoms with Crippen molar-refractivity contribution in [2.75, 3.05) is 0 Å². The molecule has 4 aromatic carbocycles. The number of thioether (sulfide) groups is 1. The van der Waals surface area contributed by atoms with Crippen LogP contribution in [-0.4, -0.2) is 16.0 Å². The van der Waals surface area contributed by atoms with Crippen LogP contribution in [0, 0.1) is 0 Å². The zero-order chi connectivity index (χ0) is 23.5. The highest BCUT2D eigenvalue weighted by molar-refractivity contribution is 9.10. The lowest BCUT2D eigenvalue weighted by Gasteiger charge is -2.13. The number of halogens is 1. The molecule has 6 heteroatoms. The van der Waals surface area contributed by atoms with Gasteiger partial charge in [-0.1, -0.05) is 88.7 Å². The molecule has 34 heavy (non-hydrogen) atoms. The van der Waals surface area contributed by atoms with Crippen LogP contribution < -0.4 is 4.74 Å². The number of amides is 2. The number of ether oxygens (including phenoxy) is 1. The van der Waals surface area contributed by atoms with E-state index >= 15 is 0 Å². The van der Waals surface area contributed by atoms with E-state index < -0.39 is 0 Å². The van der Waals surface area contributed by atoms with E-state index in [2.05, 4.69) is 40.2 Å². The Morgan fingerprint density at radius 2 is 1.65 bits per heavy atom. The van der Waals surface area contributed by atoms with E-state index in [9.17, 15) is 9.59 Å². The normalized spacial score (nSPS) is 14.9. The second-order valence-electron chi connectivity index (χ2n) is 7.86. The summed E-state index contributed by atoms with van der Waals surface area (Å²) < 4.78 is 7.06. The maximum atomic E-state index is 13.0. The molecular weight excluding hydrogens is 510 g/mol. The molecule has 0 aromatic heterocycles. The van der Waals surface area contributed by atoms with Gasteiger partial charge in [-0.15, -0.1) is 0 Å². The average Bonchev–Trinajstić information content (AvgIpc) is 3.11. The van der Waals surface area contributed by atoms with Crippen LogP contribution in [0.25, 0.3) is 16.8 Å². The largest absolute Gasteiger partial charge is 0.488 e. The van der Waals surface area contributed by atoms with E-state index in [1.807, 2.05) is 66.7 Å². The first kappa shape index (κ1) is 22.4. The van der Waals surface area contributed by atoms with E-state index in [4.69, 9.17) is 4.74 Å². The quantitative estimate of drug-likeness (QED) is 0.244. The van der Waals surface area contributed by atoms with Crippen molar-refractivity contribution in [1.29, 1.82) is 0 Å². The van der Waals surface area contributed by atoms with Gasteiger partial charge in [0, 0.05) is 10.0 Å². The van der Waals surface area contributed by atoms with Crippen LogP contribution in [0.15, 0.2) is 100 Å². The van der Waals surface area contributed by atoms with Crippen molar-refractivity contribution in [2.45, 2.75) is 13.2 Å². The number of benzene rings is 4. The van der Waals surface area contributed by atoms with Crippen molar-refractivity contribution in [2.24, 2.45) is 0 Å². The van der Waals surface area contributed by atoms with Crippen molar-refractivity contribution in [1.82, 2.24) is 4.90 Å². The molecule has 0 radical (unpaired) electrons. The number of fused-ring (bicyclic) bond motifs is 1. The lowest BCUT2D eigenvalue weighted by atomic mass is 10.1. The third kappa shape index (κ3) is 4.79. The summed E-state index contributed by atoms with van der Waals surface area (Å²) >= 11 is 4.46. The fourth-order valence-electron chi connectivity index (χ4n) is 3.88. The van der Waals surface area contributed by atoms with Gasteiger partial charge >= 0.3 is 0 Å². The summed E-state index contributed by atoms with van der Waals surface area (Å²) in [5.41, 5.74) is 2.72. The van der Waals surface area contributed by atoms with Crippen LogP contribution in [0.3, 0.4) is 0 Å². The van der Waals surface area contributed by atoms with Crippen molar-refractivity contribution >= 4 is 55.7 Å². The summed E-state index contributed by atoms with van der Waals surface area (Å²) in [6.45, 7) is 0.644. The summed E-state index contributed by atoms with van der Waals surface area (Å²) in [5, 5.41) is 2.03. The molecule has 1 heterocycles. The van der Waals surface area contributed by atoms with Crippen LogP contribution in [0.4, 0.5) is 4.79 Å². The lowest BCUT2D eigenvalue weighted by Crippen LogP contribution is -2.27. The smallest absolute Gasteiger partial charge is 0.293 e. The number of rotatable bonds is 6. The zero-order valence-corrected chi connectivity index (χ0v) is 20.5. The highest BCUT2D eigenvalue weighted by atomic mass is 79.9. The average molecular weight is 530 g/mol. The number of carbonyl (C=O) groups is 2. The van der Waals surface area contributed by atoms with Gasteiger partial charge in [-0.2, -0.15) is 0 Å². The van der Waals surface area contributed by atoms with Gasteiger partial charge in [-0.05, 0) is 57.9 Å². The minimum atomic E-state index is -0.293. The minimum absolute atomic E-state index is 0.256. The van der Waals surface area contributed by atoms with Gasteiger partial charge in [0.05, 0.1) is 11.4 Å². The third-order valence-corrected chi connectivity index (χ3v) is 6.98. The molecule has 0 bridgehead atoms. The topological polar surface area (TPSA) is 46.6 Å². The van der Waals surface area contributed by atoms with Gasteiger partial charge in [-0.3, -0.25) is 14.5 Å². The maximum Gasteiger partial charge on any atom is 0.293 e. The second-order valence-corrected chi connectivity index (χ2v) is 9.77. The summed E-state index contributed by atoms with van der Waals surface area (Å²) in [6, 6.07) is 29.5. The summed E-state index contributed by atoms with van der Waals surface area (Å²) in [6.07, 6.45) is 1.74. The molecule has 5 rings (SSSR count). The molecule has 0 N–H and O–H groups in total. The van der Waals surface area contributed by atoms with Crippen LogP contribution >= 0.6 is 27.7 Å². The second kappa shape index (κ2) is 9.87. The van der Waals surface area contributed by atoms with Crippen LogP contribution in [0.5, 0.6) is 5.75 Å². The molecule has 0 spiro atoms. The number of nitrogens with zero attached hydrogens (tertiary/aromatic N) is 1. The fourth-order valence-corrected chi connectivity index (χ4v) is 5.09. The molecule has 0 saturated carbocycles. The summed E-state index contributed by atoms with van der Waals surface area (Å²) in [7, 11) is 0. The molecule has 0 unspecified atom stereocenters. The van der Waals surface area contributed by atoms with E-state index in [0.29, 0.717) is 17.3 Å². The van der Waals surface area contributed by atoms with Crippen LogP contribution in [0.1, 0.15) is 16.7 Å². The molecule has 1 aliphatic rings. The highest BCUT2D eigenvalue weighted by Gasteiger charge is 2.35. The fraction of sp³-hybridized carbons (Fsp3) is 0.0714. The molecule has 4 aromatic rings. The van der Waals surface area contributed by atoms with Crippen molar-refractivity contribution in [3.05, 3.63) is 117 Å². The van der Waals surface area contributed by atoms with E-state index in [-0.39, 0.29) is 17.7 Å². The van der Waals surface area contributed by atoms with E-state index in [1.54, 1.807) is 6.08 Å². The predicted octanol–water partition coefficient (Wildman–Crippen LogP) is 7.42. The van der Waals surface area contributed by atoms with Gasteiger partial charge in [0.1, 0.15) is 12.4 Å². The Bertz CT molecular complexity index is 1410. The molecule has 1 aliphatic heterocycles. The molecule has 168 valence electrons. The monoisotopic (exact) mass is 529 g/mol. The van der Waals surface area contributed by atoms with Gasteiger partial charge in [0.15, 0.2) is 0 Å². The molecule has 2 amide bonds. The van der Waals surface area contributed by atoms with Crippen LogP contribution in [-0.2, 0) is 17.9 Å². The molecule has 0 aliphatic carbocycles.